The zero-order chi connectivity index (χ0) is 24.0. The van der Waals surface area contributed by atoms with E-state index in [1.54, 1.807) is 42.5 Å². The molecule has 0 radical (unpaired) electrons. The fourth-order valence-corrected chi connectivity index (χ4v) is 4.81. The second-order valence-electron chi connectivity index (χ2n) is 6.97. The number of carbonyl (C=O) groups is 1. The number of methoxy groups -OCH3 is 2. The molecule has 0 spiro atoms. The van der Waals surface area contributed by atoms with Gasteiger partial charge < -0.3 is 14.8 Å². The summed E-state index contributed by atoms with van der Waals surface area (Å²) in [4.78, 5) is 12.9. The van der Waals surface area contributed by atoms with Crippen LogP contribution >= 0.6 is 23.2 Å². The third kappa shape index (κ3) is 6.39. The predicted octanol–water partition coefficient (Wildman–Crippen LogP) is 4.84. The van der Waals surface area contributed by atoms with Crippen molar-refractivity contribution in [1.82, 2.24) is 4.31 Å². The van der Waals surface area contributed by atoms with E-state index in [1.165, 1.54) is 38.5 Å². The molecular formula is C23H22Cl2N2O5S. The second-order valence-corrected chi connectivity index (χ2v) is 9.78. The lowest BCUT2D eigenvalue weighted by Crippen LogP contribution is -2.37. The van der Waals surface area contributed by atoms with Crippen molar-refractivity contribution < 1.29 is 22.7 Å². The SMILES string of the molecule is COc1ccc(OC)c(NC(=O)CN(Cc2cccc(Cl)c2)S(=O)(=O)c2ccc(Cl)cc2)c1. The van der Waals surface area contributed by atoms with Crippen molar-refractivity contribution in [2.75, 3.05) is 26.1 Å². The average molecular weight is 509 g/mol. The van der Waals surface area contributed by atoms with Crippen LogP contribution in [0.1, 0.15) is 5.56 Å². The monoisotopic (exact) mass is 508 g/mol. The molecule has 0 unspecified atom stereocenters. The van der Waals surface area contributed by atoms with Gasteiger partial charge in [0.2, 0.25) is 15.9 Å². The molecule has 0 aliphatic heterocycles. The summed E-state index contributed by atoms with van der Waals surface area (Å²) < 4.78 is 38.3. The zero-order valence-electron chi connectivity index (χ0n) is 17.9. The molecule has 0 aromatic heterocycles. The van der Waals surface area contributed by atoms with Crippen LogP contribution in [-0.4, -0.2) is 39.4 Å². The number of rotatable bonds is 9. The Morgan fingerprint density at radius 1 is 0.939 bits per heavy atom. The maximum Gasteiger partial charge on any atom is 0.243 e. The van der Waals surface area contributed by atoms with Gasteiger partial charge in [-0.1, -0.05) is 35.3 Å². The third-order valence-electron chi connectivity index (χ3n) is 4.70. The van der Waals surface area contributed by atoms with Crippen LogP contribution in [0.15, 0.2) is 71.6 Å². The van der Waals surface area contributed by atoms with Crippen LogP contribution < -0.4 is 14.8 Å². The summed E-state index contributed by atoms with van der Waals surface area (Å²) in [5.41, 5.74) is 0.986. The van der Waals surface area contributed by atoms with Gasteiger partial charge in [-0.3, -0.25) is 4.79 Å². The van der Waals surface area contributed by atoms with Crippen molar-refractivity contribution in [3.63, 3.8) is 0 Å². The highest BCUT2D eigenvalue weighted by atomic mass is 35.5. The summed E-state index contributed by atoms with van der Waals surface area (Å²) in [5, 5.41) is 3.56. The fraction of sp³-hybridized carbons (Fsp3) is 0.174. The number of halogens is 2. The van der Waals surface area contributed by atoms with Crippen molar-refractivity contribution in [3.05, 3.63) is 82.3 Å². The molecule has 0 heterocycles. The van der Waals surface area contributed by atoms with Gasteiger partial charge in [-0.25, -0.2) is 8.42 Å². The smallest absolute Gasteiger partial charge is 0.243 e. The van der Waals surface area contributed by atoms with E-state index in [9.17, 15) is 13.2 Å². The van der Waals surface area contributed by atoms with E-state index < -0.39 is 22.5 Å². The summed E-state index contributed by atoms with van der Waals surface area (Å²) in [5.74, 6) is 0.364. The second kappa shape index (κ2) is 10.9. The summed E-state index contributed by atoms with van der Waals surface area (Å²) in [6, 6.07) is 17.4. The summed E-state index contributed by atoms with van der Waals surface area (Å²) >= 11 is 12.0. The van der Waals surface area contributed by atoms with Crippen molar-refractivity contribution in [2.45, 2.75) is 11.4 Å². The Bertz CT molecular complexity index is 1230. The molecular weight excluding hydrogens is 487 g/mol. The van der Waals surface area contributed by atoms with Crippen LogP contribution in [0, 0.1) is 0 Å². The molecule has 3 aromatic rings. The van der Waals surface area contributed by atoms with Gasteiger partial charge in [0.1, 0.15) is 11.5 Å². The number of nitrogens with zero attached hydrogens (tertiary/aromatic N) is 1. The van der Waals surface area contributed by atoms with E-state index in [0.717, 1.165) is 4.31 Å². The Balaban J connectivity index is 1.91. The molecule has 1 amide bonds. The highest BCUT2D eigenvalue weighted by Crippen LogP contribution is 2.29. The van der Waals surface area contributed by atoms with Gasteiger partial charge in [0.25, 0.3) is 0 Å². The first kappa shape index (κ1) is 24.9. The molecule has 33 heavy (non-hydrogen) atoms. The number of anilines is 1. The van der Waals surface area contributed by atoms with Crippen LogP contribution in [0.25, 0.3) is 0 Å². The highest BCUT2D eigenvalue weighted by molar-refractivity contribution is 7.89. The molecule has 0 atom stereocenters. The lowest BCUT2D eigenvalue weighted by Gasteiger charge is -2.22. The van der Waals surface area contributed by atoms with Gasteiger partial charge in [-0.05, 0) is 54.1 Å². The minimum atomic E-state index is -4.03. The number of carbonyl (C=O) groups excluding carboxylic acids is 1. The third-order valence-corrected chi connectivity index (χ3v) is 6.99. The topological polar surface area (TPSA) is 84.9 Å². The summed E-state index contributed by atoms with van der Waals surface area (Å²) in [6.07, 6.45) is 0. The quantitative estimate of drug-likeness (QED) is 0.446. The summed E-state index contributed by atoms with van der Waals surface area (Å²) in [6.45, 7) is -0.508. The van der Waals surface area contributed by atoms with E-state index in [4.69, 9.17) is 32.7 Å². The van der Waals surface area contributed by atoms with Gasteiger partial charge in [-0.15, -0.1) is 0 Å². The van der Waals surface area contributed by atoms with Crippen molar-refractivity contribution >= 4 is 44.8 Å². The van der Waals surface area contributed by atoms with Gasteiger partial charge in [0, 0.05) is 22.7 Å². The Hall–Kier alpha value is -2.78. The molecule has 0 bridgehead atoms. The lowest BCUT2D eigenvalue weighted by molar-refractivity contribution is -0.116. The molecule has 0 saturated carbocycles. The maximum atomic E-state index is 13.4. The number of nitrogens with one attached hydrogen (secondary N) is 1. The number of amides is 1. The van der Waals surface area contributed by atoms with Crippen LogP contribution in [0.5, 0.6) is 11.5 Å². The molecule has 1 N–H and O–H groups in total. The van der Waals surface area contributed by atoms with Crippen molar-refractivity contribution in [2.24, 2.45) is 0 Å². The molecule has 7 nitrogen and oxygen atoms in total. The minimum absolute atomic E-state index is 0.0145. The fourth-order valence-electron chi connectivity index (χ4n) is 3.08. The molecule has 174 valence electrons. The van der Waals surface area contributed by atoms with Crippen LogP contribution in [0.2, 0.25) is 10.0 Å². The van der Waals surface area contributed by atoms with Crippen molar-refractivity contribution in [1.29, 1.82) is 0 Å². The Kier molecular flexibility index (Phi) is 8.20. The number of hydrogen-bond acceptors (Lipinski definition) is 5. The van der Waals surface area contributed by atoms with E-state index in [-0.39, 0.29) is 11.4 Å². The standard InChI is InChI=1S/C23H22Cl2N2O5S/c1-31-19-8-11-22(32-2)21(13-19)26-23(28)15-27(14-16-4-3-5-18(25)12-16)33(29,30)20-9-6-17(24)7-10-20/h3-13H,14-15H2,1-2H3,(H,26,28). The largest absolute Gasteiger partial charge is 0.497 e. The predicted molar refractivity (Wildman–Crippen MR) is 129 cm³/mol. The Morgan fingerprint density at radius 3 is 2.30 bits per heavy atom. The van der Waals surface area contributed by atoms with Crippen LogP contribution in [-0.2, 0) is 21.4 Å². The van der Waals surface area contributed by atoms with Crippen LogP contribution in [0.3, 0.4) is 0 Å². The maximum absolute atomic E-state index is 13.4. The van der Waals surface area contributed by atoms with Crippen molar-refractivity contribution in [3.8, 4) is 11.5 Å². The number of benzene rings is 3. The molecule has 3 rings (SSSR count). The Morgan fingerprint density at radius 2 is 1.67 bits per heavy atom. The molecule has 10 heteroatoms. The highest BCUT2D eigenvalue weighted by Gasteiger charge is 2.27. The minimum Gasteiger partial charge on any atom is -0.497 e. The number of hydrogen-bond donors (Lipinski definition) is 1. The molecule has 0 saturated heterocycles. The molecule has 3 aromatic carbocycles. The van der Waals surface area contributed by atoms with E-state index in [2.05, 4.69) is 5.32 Å². The first-order valence-electron chi connectivity index (χ1n) is 9.75. The van der Waals surface area contributed by atoms with E-state index >= 15 is 0 Å². The van der Waals surface area contributed by atoms with Gasteiger partial charge in [0.15, 0.2) is 0 Å². The van der Waals surface area contributed by atoms with Gasteiger partial charge in [-0.2, -0.15) is 4.31 Å². The zero-order valence-corrected chi connectivity index (χ0v) is 20.2. The van der Waals surface area contributed by atoms with Crippen LogP contribution in [0.4, 0.5) is 5.69 Å². The number of ether oxygens (including phenoxy) is 2. The number of sulfonamides is 1. The van der Waals surface area contributed by atoms with E-state index in [1.807, 2.05) is 0 Å². The first-order chi connectivity index (χ1) is 15.7. The first-order valence-corrected chi connectivity index (χ1v) is 11.9. The average Bonchev–Trinajstić information content (AvgIpc) is 2.79. The molecule has 0 aliphatic rings. The Labute approximate surface area is 202 Å². The normalized spacial score (nSPS) is 11.3. The summed E-state index contributed by atoms with van der Waals surface area (Å²) in [7, 11) is -1.06. The lowest BCUT2D eigenvalue weighted by atomic mass is 10.2. The molecule has 0 aliphatic carbocycles. The van der Waals surface area contributed by atoms with E-state index in [0.29, 0.717) is 32.8 Å². The van der Waals surface area contributed by atoms with Gasteiger partial charge in [0.05, 0.1) is 31.3 Å². The molecule has 0 fully saturated rings. The van der Waals surface area contributed by atoms with Gasteiger partial charge >= 0.3 is 0 Å².